The van der Waals surface area contributed by atoms with Gasteiger partial charge in [-0.3, -0.25) is 9.59 Å². The molecule has 5 nitrogen and oxygen atoms in total. The van der Waals surface area contributed by atoms with Gasteiger partial charge in [0, 0.05) is 15.8 Å². The molecule has 0 unspecified atom stereocenters. The SMILES string of the molecule is CCc1ccc(C(=O)COC(=O)c2ccccc2SCC(=O)NC(C)C)s1. The van der Waals surface area contributed by atoms with E-state index in [2.05, 4.69) is 5.32 Å². The van der Waals surface area contributed by atoms with Gasteiger partial charge < -0.3 is 10.1 Å². The highest BCUT2D eigenvalue weighted by Crippen LogP contribution is 2.23. The van der Waals surface area contributed by atoms with E-state index in [9.17, 15) is 14.4 Å². The highest BCUT2D eigenvalue weighted by atomic mass is 32.2. The monoisotopic (exact) mass is 405 g/mol. The van der Waals surface area contributed by atoms with E-state index in [0.717, 1.165) is 11.3 Å². The maximum Gasteiger partial charge on any atom is 0.339 e. The molecule has 7 heteroatoms. The van der Waals surface area contributed by atoms with E-state index in [0.29, 0.717) is 15.3 Å². The number of ketones is 1. The zero-order valence-electron chi connectivity index (χ0n) is 15.6. The van der Waals surface area contributed by atoms with Crippen LogP contribution in [0.3, 0.4) is 0 Å². The summed E-state index contributed by atoms with van der Waals surface area (Å²) in [7, 11) is 0. The number of amides is 1. The molecule has 0 aliphatic heterocycles. The van der Waals surface area contributed by atoms with Crippen molar-refractivity contribution in [3.63, 3.8) is 0 Å². The summed E-state index contributed by atoms with van der Waals surface area (Å²) in [5, 5.41) is 2.81. The van der Waals surface area contributed by atoms with Crippen molar-refractivity contribution < 1.29 is 19.1 Å². The zero-order valence-corrected chi connectivity index (χ0v) is 17.2. The van der Waals surface area contributed by atoms with E-state index in [1.165, 1.54) is 23.1 Å². The summed E-state index contributed by atoms with van der Waals surface area (Å²) >= 11 is 2.68. The number of nitrogens with one attached hydrogen (secondary N) is 1. The molecule has 0 fully saturated rings. The fourth-order valence-corrected chi connectivity index (χ4v) is 3.99. The molecule has 0 bridgehead atoms. The second-order valence-electron chi connectivity index (χ2n) is 6.13. The van der Waals surface area contributed by atoms with E-state index < -0.39 is 5.97 Å². The first-order valence-corrected chi connectivity index (χ1v) is 10.5. The summed E-state index contributed by atoms with van der Waals surface area (Å²) < 4.78 is 5.20. The predicted molar refractivity (Wildman–Crippen MR) is 109 cm³/mol. The van der Waals surface area contributed by atoms with Crippen LogP contribution in [-0.2, 0) is 16.0 Å². The molecular formula is C20H23NO4S2. The van der Waals surface area contributed by atoms with Crippen molar-refractivity contribution in [3.05, 3.63) is 51.7 Å². The second kappa shape index (κ2) is 10.3. The van der Waals surface area contributed by atoms with Crippen molar-refractivity contribution >= 4 is 40.8 Å². The average molecular weight is 406 g/mol. The molecule has 144 valence electrons. The molecule has 2 aromatic rings. The first kappa shape index (κ1) is 21.2. The largest absolute Gasteiger partial charge is 0.454 e. The minimum absolute atomic E-state index is 0.0646. The molecule has 0 aliphatic carbocycles. The van der Waals surface area contributed by atoms with Gasteiger partial charge in [0.25, 0.3) is 0 Å². The van der Waals surface area contributed by atoms with Crippen LogP contribution in [0.25, 0.3) is 0 Å². The van der Waals surface area contributed by atoms with Gasteiger partial charge in [-0.15, -0.1) is 23.1 Å². The lowest BCUT2D eigenvalue weighted by Crippen LogP contribution is -2.31. The standard InChI is InChI=1S/C20H23NO4S2/c1-4-14-9-10-18(27-14)16(22)11-25-20(24)15-7-5-6-8-17(15)26-12-19(23)21-13(2)3/h5-10,13H,4,11-12H2,1-3H3,(H,21,23). The number of aryl methyl sites for hydroxylation is 1. The molecule has 1 heterocycles. The van der Waals surface area contributed by atoms with Gasteiger partial charge in [0.2, 0.25) is 11.7 Å². The second-order valence-corrected chi connectivity index (χ2v) is 8.31. The molecule has 1 aromatic heterocycles. The van der Waals surface area contributed by atoms with Crippen molar-refractivity contribution in [3.8, 4) is 0 Å². The number of carbonyl (C=O) groups excluding carboxylic acids is 3. The van der Waals surface area contributed by atoms with Gasteiger partial charge >= 0.3 is 5.97 Å². The predicted octanol–water partition coefficient (Wildman–Crippen LogP) is 3.97. The fraction of sp³-hybridized carbons (Fsp3) is 0.350. The zero-order chi connectivity index (χ0) is 19.8. The number of hydrogen-bond donors (Lipinski definition) is 1. The number of thioether (sulfide) groups is 1. The topological polar surface area (TPSA) is 72.5 Å². The molecule has 1 amide bonds. The number of rotatable bonds is 9. The number of carbonyl (C=O) groups is 3. The Morgan fingerprint density at radius 1 is 1.15 bits per heavy atom. The molecule has 0 saturated heterocycles. The van der Waals surface area contributed by atoms with Gasteiger partial charge in [-0.25, -0.2) is 4.79 Å². The Hall–Kier alpha value is -2.12. The molecule has 0 aliphatic rings. The number of thiophene rings is 1. The number of esters is 1. The Labute approximate surface area is 167 Å². The summed E-state index contributed by atoms with van der Waals surface area (Å²) in [5.74, 6) is -0.675. The molecule has 2 rings (SSSR count). The van der Waals surface area contributed by atoms with Crippen molar-refractivity contribution in [2.75, 3.05) is 12.4 Å². The highest BCUT2D eigenvalue weighted by Gasteiger charge is 2.17. The third kappa shape index (κ3) is 6.52. The Bertz CT molecular complexity index is 814. The average Bonchev–Trinajstić information content (AvgIpc) is 3.13. The Morgan fingerprint density at radius 2 is 1.89 bits per heavy atom. The van der Waals surface area contributed by atoms with Crippen molar-refractivity contribution in [2.45, 2.75) is 38.1 Å². The van der Waals surface area contributed by atoms with Crippen molar-refractivity contribution in [1.82, 2.24) is 5.32 Å². The summed E-state index contributed by atoms with van der Waals surface area (Å²) in [6, 6.07) is 10.7. The molecule has 0 radical (unpaired) electrons. The summed E-state index contributed by atoms with van der Waals surface area (Å²) in [4.78, 5) is 38.8. The van der Waals surface area contributed by atoms with Crippen LogP contribution in [0.15, 0.2) is 41.3 Å². The Balaban J connectivity index is 1.95. The van der Waals surface area contributed by atoms with E-state index in [-0.39, 0.29) is 30.1 Å². The van der Waals surface area contributed by atoms with E-state index in [1.807, 2.05) is 26.8 Å². The van der Waals surface area contributed by atoms with Crippen molar-refractivity contribution in [2.24, 2.45) is 0 Å². The highest BCUT2D eigenvalue weighted by molar-refractivity contribution is 8.00. The first-order valence-electron chi connectivity index (χ1n) is 8.71. The quantitative estimate of drug-likeness (QED) is 0.388. The van der Waals surface area contributed by atoms with E-state index in [1.54, 1.807) is 30.3 Å². The number of ether oxygens (including phenoxy) is 1. The summed E-state index contributed by atoms with van der Waals surface area (Å²) in [6.45, 7) is 5.51. The molecule has 0 atom stereocenters. The smallest absolute Gasteiger partial charge is 0.339 e. The normalized spacial score (nSPS) is 10.7. The van der Waals surface area contributed by atoms with Crippen LogP contribution in [0.1, 0.15) is 45.7 Å². The van der Waals surface area contributed by atoms with E-state index in [4.69, 9.17) is 4.74 Å². The van der Waals surface area contributed by atoms with Gasteiger partial charge in [-0.1, -0.05) is 19.1 Å². The maximum atomic E-state index is 12.4. The van der Waals surface area contributed by atoms with Crippen molar-refractivity contribution in [1.29, 1.82) is 0 Å². The van der Waals surface area contributed by atoms with Crippen LogP contribution in [0.4, 0.5) is 0 Å². The van der Waals surface area contributed by atoms with Crippen LogP contribution >= 0.6 is 23.1 Å². The van der Waals surface area contributed by atoms with Crippen LogP contribution in [0.5, 0.6) is 0 Å². The minimum Gasteiger partial charge on any atom is -0.454 e. The number of Topliss-reactive ketones (excluding diaryl/α,β-unsaturated/α-hetero) is 1. The molecular weight excluding hydrogens is 382 g/mol. The lowest BCUT2D eigenvalue weighted by atomic mass is 10.2. The van der Waals surface area contributed by atoms with Crippen LogP contribution in [0, 0.1) is 0 Å². The maximum absolute atomic E-state index is 12.4. The minimum atomic E-state index is -0.567. The molecule has 0 spiro atoms. The molecule has 1 aromatic carbocycles. The molecule has 27 heavy (non-hydrogen) atoms. The molecule has 1 N–H and O–H groups in total. The number of hydrogen-bond acceptors (Lipinski definition) is 6. The third-order valence-electron chi connectivity index (χ3n) is 3.53. The van der Waals surface area contributed by atoms with Crippen LogP contribution in [-0.4, -0.2) is 36.1 Å². The lowest BCUT2D eigenvalue weighted by Gasteiger charge is -2.10. The van der Waals surface area contributed by atoms with E-state index >= 15 is 0 Å². The molecule has 0 saturated carbocycles. The first-order chi connectivity index (χ1) is 12.9. The van der Waals surface area contributed by atoms with Crippen LogP contribution < -0.4 is 5.32 Å². The third-order valence-corrected chi connectivity index (χ3v) is 5.88. The fourth-order valence-electron chi connectivity index (χ4n) is 2.27. The van der Waals surface area contributed by atoms with Gasteiger partial charge in [-0.2, -0.15) is 0 Å². The van der Waals surface area contributed by atoms with Crippen LogP contribution in [0.2, 0.25) is 0 Å². The van der Waals surface area contributed by atoms with Gasteiger partial charge in [0.05, 0.1) is 16.2 Å². The lowest BCUT2D eigenvalue weighted by molar-refractivity contribution is -0.119. The Kier molecular flexibility index (Phi) is 8.06. The summed E-state index contributed by atoms with van der Waals surface area (Å²) in [6.07, 6.45) is 0.868. The van der Waals surface area contributed by atoms with Gasteiger partial charge in [0.1, 0.15) is 0 Å². The number of benzene rings is 1. The Morgan fingerprint density at radius 3 is 2.56 bits per heavy atom. The van der Waals surface area contributed by atoms with Gasteiger partial charge in [0.15, 0.2) is 6.61 Å². The summed E-state index contributed by atoms with van der Waals surface area (Å²) in [5.41, 5.74) is 0.355. The van der Waals surface area contributed by atoms with Gasteiger partial charge in [-0.05, 0) is 44.5 Å².